The van der Waals surface area contributed by atoms with Crippen LogP contribution in [0.15, 0.2) is 48.5 Å². The summed E-state index contributed by atoms with van der Waals surface area (Å²) >= 11 is 0. The highest BCUT2D eigenvalue weighted by Crippen LogP contribution is 2.26. The number of alkyl halides is 2. The number of hydrogen-bond acceptors (Lipinski definition) is 2. The number of rotatable bonds is 6. The highest BCUT2D eigenvalue weighted by Gasteiger charge is 2.28. The Morgan fingerprint density at radius 3 is 2.69 bits per heavy atom. The number of amides is 1. The molecule has 2 aromatic carbocycles. The second-order valence-corrected chi connectivity index (χ2v) is 6.57. The summed E-state index contributed by atoms with van der Waals surface area (Å²) in [5.41, 5.74) is 3.02. The van der Waals surface area contributed by atoms with Crippen molar-refractivity contribution < 1.29 is 18.3 Å². The molecule has 0 spiro atoms. The predicted molar refractivity (Wildman–Crippen MR) is 96.7 cm³/mol. The van der Waals surface area contributed by atoms with Gasteiger partial charge in [-0.3, -0.25) is 4.79 Å². The van der Waals surface area contributed by atoms with E-state index in [-0.39, 0.29) is 17.7 Å². The minimum Gasteiger partial charge on any atom is -0.435 e. The fraction of sp³-hybridized carbons (Fsp3) is 0.381. The van der Waals surface area contributed by atoms with Crippen molar-refractivity contribution in [3.8, 4) is 5.75 Å². The van der Waals surface area contributed by atoms with Crippen molar-refractivity contribution in [3.05, 3.63) is 65.2 Å². The third-order valence-electron chi connectivity index (χ3n) is 4.79. The van der Waals surface area contributed by atoms with E-state index in [0.29, 0.717) is 12.1 Å². The first kappa shape index (κ1) is 18.4. The Balaban J connectivity index is 1.81. The standard InChI is InChI=1S/C21H23F2NO2/c1-2-12-24(18-11-10-15-6-3-4-7-16(15)13-18)20(25)17-8-5-9-19(14-17)26-21(22)23/h3-9,14,18,21H,2,10-13H2,1H3. The lowest BCUT2D eigenvalue weighted by atomic mass is 9.87. The lowest BCUT2D eigenvalue weighted by Gasteiger charge is -2.35. The van der Waals surface area contributed by atoms with E-state index in [1.165, 1.54) is 23.3 Å². The van der Waals surface area contributed by atoms with E-state index < -0.39 is 6.61 Å². The molecule has 0 bridgehead atoms. The van der Waals surface area contributed by atoms with Gasteiger partial charge in [0.15, 0.2) is 0 Å². The average molecular weight is 359 g/mol. The Hall–Kier alpha value is -2.43. The summed E-state index contributed by atoms with van der Waals surface area (Å²) in [6.07, 6.45) is 3.53. The van der Waals surface area contributed by atoms with Crippen LogP contribution < -0.4 is 4.74 Å². The highest BCUT2D eigenvalue weighted by molar-refractivity contribution is 5.94. The fourth-order valence-electron chi connectivity index (χ4n) is 3.61. The molecule has 0 heterocycles. The summed E-state index contributed by atoms with van der Waals surface area (Å²) in [6.45, 7) is -0.221. The molecule has 0 radical (unpaired) electrons. The zero-order valence-electron chi connectivity index (χ0n) is 14.8. The first-order chi connectivity index (χ1) is 12.6. The van der Waals surface area contributed by atoms with E-state index in [9.17, 15) is 13.6 Å². The zero-order chi connectivity index (χ0) is 18.5. The largest absolute Gasteiger partial charge is 0.435 e. The molecule has 0 fully saturated rings. The van der Waals surface area contributed by atoms with Crippen LogP contribution in [0.5, 0.6) is 5.75 Å². The van der Waals surface area contributed by atoms with Crippen LogP contribution in [0.4, 0.5) is 8.78 Å². The molecule has 1 aliphatic rings. The van der Waals surface area contributed by atoms with Gasteiger partial charge in [-0.15, -0.1) is 0 Å². The maximum absolute atomic E-state index is 13.1. The van der Waals surface area contributed by atoms with Crippen molar-refractivity contribution in [1.82, 2.24) is 4.90 Å². The van der Waals surface area contributed by atoms with Crippen molar-refractivity contribution in [2.45, 2.75) is 45.3 Å². The molecule has 0 aliphatic heterocycles. The molecule has 2 aromatic rings. The second-order valence-electron chi connectivity index (χ2n) is 6.57. The number of benzene rings is 2. The maximum atomic E-state index is 13.1. The van der Waals surface area contributed by atoms with Crippen LogP contribution in [-0.2, 0) is 12.8 Å². The molecule has 138 valence electrons. The molecule has 1 amide bonds. The third kappa shape index (κ3) is 4.21. The minimum atomic E-state index is -2.90. The van der Waals surface area contributed by atoms with E-state index in [1.54, 1.807) is 12.1 Å². The van der Waals surface area contributed by atoms with Gasteiger partial charge in [0.25, 0.3) is 5.91 Å². The van der Waals surface area contributed by atoms with Gasteiger partial charge in [0, 0.05) is 18.2 Å². The van der Waals surface area contributed by atoms with Crippen LogP contribution in [0.25, 0.3) is 0 Å². The number of halogens is 2. The SMILES string of the molecule is CCCN(C(=O)c1cccc(OC(F)F)c1)C1CCc2ccccc2C1. The summed E-state index contributed by atoms with van der Waals surface area (Å²) in [5.74, 6) is -0.118. The monoisotopic (exact) mass is 359 g/mol. The molecule has 0 saturated carbocycles. The van der Waals surface area contributed by atoms with Gasteiger partial charge in [0.1, 0.15) is 5.75 Å². The normalized spacial score (nSPS) is 16.2. The minimum absolute atomic E-state index is 0.0105. The molecule has 0 saturated heterocycles. The zero-order valence-corrected chi connectivity index (χ0v) is 14.8. The van der Waals surface area contributed by atoms with Crippen LogP contribution in [0.3, 0.4) is 0 Å². The van der Waals surface area contributed by atoms with E-state index in [2.05, 4.69) is 16.9 Å². The Bertz CT molecular complexity index is 763. The summed E-state index contributed by atoms with van der Waals surface area (Å²) < 4.78 is 29.3. The van der Waals surface area contributed by atoms with Crippen molar-refractivity contribution >= 4 is 5.91 Å². The number of nitrogens with zero attached hydrogens (tertiary/aromatic N) is 1. The number of carbonyl (C=O) groups is 1. The van der Waals surface area contributed by atoms with Gasteiger partial charge in [0.05, 0.1) is 0 Å². The van der Waals surface area contributed by atoms with Crippen molar-refractivity contribution in [2.75, 3.05) is 6.54 Å². The molecule has 3 nitrogen and oxygen atoms in total. The topological polar surface area (TPSA) is 29.5 Å². The quantitative estimate of drug-likeness (QED) is 0.748. The summed E-state index contributed by atoms with van der Waals surface area (Å²) in [6, 6.07) is 14.5. The van der Waals surface area contributed by atoms with E-state index in [4.69, 9.17) is 0 Å². The van der Waals surface area contributed by atoms with Crippen LogP contribution in [0, 0.1) is 0 Å². The van der Waals surface area contributed by atoms with E-state index >= 15 is 0 Å². The van der Waals surface area contributed by atoms with Gasteiger partial charge in [-0.2, -0.15) is 8.78 Å². The third-order valence-corrected chi connectivity index (χ3v) is 4.79. The number of fused-ring (bicyclic) bond motifs is 1. The lowest BCUT2D eigenvalue weighted by Crippen LogP contribution is -2.43. The molecule has 1 aliphatic carbocycles. The second kappa shape index (κ2) is 8.30. The van der Waals surface area contributed by atoms with Gasteiger partial charge in [0.2, 0.25) is 0 Å². The van der Waals surface area contributed by atoms with Crippen molar-refractivity contribution in [1.29, 1.82) is 0 Å². The van der Waals surface area contributed by atoms with Crippen LogP contribution in [0.2, 0.25) is 0 Å². The Morgan fingerprint density at radius 2 is 1.96 bits per heavy atom. The van der Waals surface area contributed by atoms with Gasteiger partial charge in [-0.05, 0) is 55.0 Å². The van der Waals surface area contributed by atoms with Gasteiger partial charge >= 0.3 is 6.61 Å². The van der Waals surface area contributed by atoms with Crippen LogP contribution >= 0.6 is 0 Å². The maximum Gasteiger partial charge on any atom is 0.387 e. The van der Waals surface area contributed by atoms with E-state index in [1.807, 2.05) is 24.0 Å². The van der Waals surface area contributed by atoms with Crippen molar-refractivity contribution in [2.24, 2.45) is 0 Å². The highest BCUT2D eigenvalue weighted by atomic mass is 19.3. The summed E-state index contributed by atoms with van der Waals surface area (Å²) in [5, 5.41) is 0. The molecule has 5 heteroatoms. The fourth-order valence-corrected chi connectivity index (χ4v) is 3.61. The predicted octanol–water partition coefficient (Wildman–Crippen LogP) is 4.70. The smallest absolute Gasteiger partial charge is 0.387 e. The molecule has 0 N–H and O–H groups in total. The Morgan fingerprint density at radius 1 is 1.19 bits per heavy atom. The number of hydrogen-bond donors (Lipinski definition) is 0. The van der Waals surface area contributed by atoms with Gasteiger partial charge in [-0.1, -0.05) is 37.3 Å². The molecular weight excluding hydrogens is 336 g/mol. The van der Waals surface area contributed by atoms with Crippen LogP contribution in [-0.4, -0.2) is 30.0 Å². The van der Waals surface area contributed by atoms with Gasteiger partial charge < -0.3 is 9.64 Å². The average Bonchev–Trinajstić information content (AvgIpc) is 2.65. The first-order valence-corrected chi connectivity index (χ1v) is 9.01. The van der Waals surface area contributed by atoms with Gasteiger partial charge in [-0.25, -0.2) is 0 Å². The molecule has 3 rings (SSSR count). The van der Waals surface area contributed by atoms with Crippen molar-refractivity contribution in [3.63, 3.8) is 0 Å². The Labute approximate surface area is 152 Å². The molecule has 26 heavy (non-hydrogen) atoms. The molecular formula is C21H23F2NO2. The Kier molecular flexibility index (Phi) is 5.86. The number of aryl methyl sites for hydroxylation is 1. The van der Waals surface area contributed by atoms with E-state index in [0.717, 1.165) is 25.7 Å². The number of carbonyl (C=O) groups excluding carboxylic acids is 1. The first-order valence-electron chi connectivity index (χ1n) is 9.01. The molecule has 1 unspecified atom stereocenters. The number of ether oxygens (including phenoxy) is 1. The summed E-state index contributed by atoms with van der Waals surface area (Å²) in [7, 11) is 0. The lowest BCUT2D eigenvalue weighted by molar-refractivity contribution is -0.0499. The van der Waals surface area contributed by atoms with Crippen LogP contribution in [0.1, 0.15) is 41.3 Å². The molecule has 1 atom stereocenters. The summed E-state index contributed by atoms with van der Waals surface area (Å²) in [4.78, 5) is 15.0. The molecule has 0 aromatic heterocycles.